The van der Waals surface area contributed by atoms with Gasteiger partial charge in [-0.1, -0.05) is 17.7 Å². The van der Waals surface area contributed by atoms with E-state index >= 15 is 0 Å². The van der Waals surface area contributed by atoms with Gasteiger partial charge < -0.3 is 10.8 Å². The van der Waals surface area contributed by atoms with Crippen LogP contribution in [0.15, 0.2) is 18.2 Å². The zero-order chi connectivity index (χ0) is 13.9. The number of hydrogen-bond donors (Lipinski definition) is 2. The van der Waals surface area contributed by atoms with Gasteiger partial charge in [-0.25, -0.2) is 0 Å². The van der Waals surface area contributed by atoms with E-state index in [-0.39, 0.29) is 0 Å². The van der Waals surface area contributed by atoms with Gasteiger partial charge >= 0.3 is 0 Å². The van der Waals surface area contributed by atoms with E-state index in [4.69, 9.17) is 17.3 Å². The molecule has 100 valence electrons. The largest absolute Gasteiger partial charge is 0.389 e. The minimum Gasteiger partial charge on any atom is -0.389 e. The van der Waals surface area contributed by atoms with Crippen molar-refractivity contribution < 1.29 is 9.90 Å². The number of nitrogens with zero attached hydrogens (tertiary/aromatic N) is 1. The number of primary amides is 1. The van der Waals surface area contributed by atoms with Crippen LogP contribution >= 0.6 is 11.6 Å². The summed E-state index contributed by atoms with van der Waals surface area (Å²) in [5.41, 5.74) is 5.71. The highest BCUT2D eigenvalue weighted by molar-refractivity contribution is 6.31. The van der Waals surface area contributed by atoms with Gasteiger partial charge in [0.05, 0.1) is 5.60 Å². The first-order valence-electron chi connectivity index (χ1n) is 5.68. The Balaban J connectivity index is 2.77. The molecule has 0 aliphatic rings. The summed E-state index contributed by atoms with van der Waals surface area (Å²) in [7, 11) is 1.90. The standard InChI is InChI=1S/C13H19ClN2O2/c1-13(2,18)8-16(3)7-10-5-4-9(12(15)17)6-11(10)14/h4-6,18H,7-8H2,1-3H3,(H2,15,17). The summed E-state index contributed by atoms with van der Waals surface area (Å²) in [5, 5.41) is 10.2. The van der Waals surface area contributed by atoms with Crippen molar-refractivity contribution in [1.82, 2.24) is 4.90 Å². The second kappa shape index (κ2) is 5.69. The zero-order valence-electron chi connectivity index (χ0n) is 10.9. The summed E-state index contributed by atoms with van der Waals surface area (Å²) in [6, 6.07) is 5.00. The number of hydrogen-bond acceptors (Lipinski definition) is 3. The maximum atomic E-state index is 11.0. The van der Waals surface area contributed by atoms with E-state index in [1.165, 1.54) is 0 Å². The van der Waals surface area contributed by atoms with Crippen LogP contribution in [-0.2, 0) is 6.54 Å². The molecule has 0 spiro atoms. The minimum atomic E-state index is -0.756. The molecule has 18 heavy (non-hydrogen) atoms. The van der Waals surface area contributed by atoms with Crippen LogP contribution in [0.3, 0.4) is 0 Å². The van der Waals surface area contributed by atoms with Gasteiger partial charge in [0, 0.05) is 23.7 Å². The molecule has 0 radical (unpaired) electrons. The van der Waals surface area contributed by atoms with E-state index in [1.54, 1.807) is 32.0 Å². The molecule has 0 saturated carbocycles. The van der Waals surface area contributed by atoms with E-state index in [0.29, 0.717) is 23.7 Å². The third kappa shape index (κ3) is 4.64. The van der Waals surface area contributed by atoms with Crippen molar-refractivity contribution in [3.63, 3.8) is 0 Å². The van der Waals surface area contributed by atoms with Crippen LogP contribution in [-0.4, -0.2) is 35.1 Å². The SMILES string of the molecule is CN(Cc1ccc(C(N)=O)cc1Cl)CC(C)(C)O. The maximum absolute atomic E-state index is 11.0. The van der Waals surface area contributed by atoms with Crippen LogP contribution in [0.1, 0.15) is 29.8 Å². The van der Waals surface area contributed by atoms with E-state index in [2.05, 4.69) is 0 Å². The van der Waals surface area contributed by atoms with Gasteiger partial charge in [-0.15, -0.1) is 0 Å². The fourth-order valence-electron chi connectivity index (χ4n) is 1.84. The van der Waals surface area contributed by atoms with Gasteiger partial charge in [0.25, 0.3) is 0 Å². The van der Waals surface area contributed by atoms with Crippen LogP contribution in [0.4, 0.5) is 0 Å². The Morgan fingerprint density at radius 2 is 2.11 bits per heavy atom. The average Bonchev–Trinajstić information content (AvgIpc) is 2.17. The minimum absolute atomic E-state index is 0.397. The lowest BCUT2D eigenvalue weighted by Crippen LogP contribution is -2.35. The summed E-state index contributed by atoms with van der Waals surface area (Å²) >= 11 is 6.09. The molecule has 0 saturated heterocycles. The summed E-state index contributed by atoms with van der Waals surface area (Å²) in [4.78, 5) is 13.0. The van der Waals surface area contributed by atoms with Gasteiger partial charge in [0.1, 0.15) is 0 Å². The number of carbonyl (C=O) groups is 1. The number of carbonyl (C=O) groups excluding carboxylic acids is 1. The molecule has 0 atom stereocenters. The smallest absolute Gasteiger partial charge is 0.248 e. The monoisotopic (exact) mass is 270 g/mol. The van der Waals surface area contributed by atoms with E-state index in [9.17, 15) is 9.90 Å². The first kappa shape index (κ1) is 15.0. The molecular weight excluding hydrogens is 252 g/mol. The molecular formula is C13H19ClN2O2. The molecule has 1 amide bonds. The first-order chi connectivity index (χ1) is 8.19. The van der Waals surface area contributed by atoms with Crippen LogP contribution in [0.2, 0.25) is 5.02 Å². The molecule has 4 nitrogen and oxygen atoms in total. The fourth-order valence-corrected chi connectivity index (χ4v) is 2.08. The van der Waals surface area contributed by atoms with E-state index in [1.807, 2.05) is 11.9 Å². The van der Waals surface area contributed by atoms with Crippen molar-refractivity contribution in [2.75, 3.05) is 13.6 Å². The Bertz CT molecular complexity index is 441. The fraction of sp³-hybridized carbons (Fsp3) is 0.462. The van der Waals surface area contributed by atoms with Crippen LogP contribution in [0, 0.1) is 0 Å². The normalized spacial score (nSPS) is 11.9. The summed E-state index contributed by atoms with van der Waals surface area (Å²) in [6.45, 7) is 4.63. The quantitative estimate of drug-likeness (QED) is 0.855. The molecule has 0 aliphatic carbocycles. The average molecular weight is 271 g/mol. The molecule has 0 fully saturated rings. The second-order valence-corrected chi connectivity index (χ2v) is 5.56. The third-order valence-electron chi connectivity index (χ3n) is 2.43. The van der Waals surface area contributed by atoms with Crippen molar-refractivity contribution in [1.29, 1.82) is 0 Å². The Hall–Kier alpha value is -1.10. The van der Waals surface area contributed by atoms with Crippen LogP contribution in [0.25, 0.3) is 0 Å². The molecule has 0 heterocycles. The predicted molar refractivity (Wildman–Crippen MR) is 72.6 cm³/mol. The number of benzene rings is 1. The van der Waals surface area contributed by atoms with Gasteiger partial charge in [0.15, 0.2) is 0 Å². The molecule has 0 aromatic heterocycles. The Morgan fingerprint density at radius 3 is 2.56 bits per heavy atom. The summed E-state index contributed by atoms with van der Waals surface area (Å²) in [6.07, 6.45) is 0. The highest BCUT2D eigenvalue weighted by Crippen LogP contribution is 2.19. The predicted octanol–water partition coefficient (Wildman–Crippen LogP) is 1.64. The van der Waals surface area contributed by atoms with Crippen LogP contribution in [0.5, 0.6) is 0 Å². The Labute approximate surface area is 112 Å². The van der Waals surface area contributed by atoms with E-state index in [0.717, 1.165) is 5.56 Å². The molecule has 0 aliphatic heterocycles. The lowest BCUT2D eigenvalue weighted by atomic mass is 10.1. The van der Waals surface area contributed by atoms with Crippen molar-refractivity contribution in [2.45, 2.75) is 26.0 Å². The molecule has 1 aromatic rings. The summed E-state index contributed by atoms with van der Waals surface area (Å²) < 4.78 is 0. The number of nitrogens with two attached hydrogens (primary N) is 1. The maximum Gasteiger partial charge on any atom is 0.248 e. The van der Waals surface area contributed by atoms with Gasteiger partial charge in [-0.2, -0.15) is 0 Å². The molecule has 0 bridgehead atoms. The van der Waals surface area contributed by atoms with Crippen molar-refractivity contribution in [3.8, 4) is 0 Å². The lowest BCUT2D eigenvalue weighted by molar-refractivity contribution is 0.0425. The second-order valence-electron chi connectivity index (χ2n) is 5.16. The number of aliphatic hydroxyl groups is 1. The van der Waals surface area contributed by atoms with Crippen molar-refractivity contribution in [2.24, 2.45) is 5.73 Å². The van der Waals surface area contributed by atoms with E-state index < -0.39 is 11.5 Å². The number of amides is 1. The molecule has 0 unspecified atom stereocenters. The van der Waals surface area contributed by atoms with Crippen LogP contribution < -0.4 is 5.73 Å². The third-order valence-corrected chi connectivity index (χ3v) is 2.79. The van der Waals surface area contributed by atoms with Gasteiger partial charge in [0.2, 0.25) is 5.91 Å². The molecule has 1 rings (SSSR count). The van der Waals surface area contributed by atoms with Gasteiger partial charge in [-0.05, 0) is 38.6 Å². The number of halogens is 1. The molecule has 5 heteroatoms. The molecule has 1 aromatic carbocycles. The van der Waals surface area contributed by atoms with Gasteiger partial charge in [-0.3, -0.25) is 9.69 Å². The molecule has 3 N–H and O–H groups in total. The topological polar surface area (TPSA) is 66.6 Å². The Morgan fingerprint density at radius 1 is 1.50 bits per heavy atom. The Kier molecular flexibility index (Phi) is 4.73. The highest BCUT2D eigenvalue weighted by Gasteiger charge is 2.16. The first-order valence-corrected chi connectivity index (χ1v) is 6.06. The number of rotatable bonds is 5. The zero-order valence-corrected chi connectivity index (χ0v) is 11.7. The lowest BCUT2D eigenvalue weighted by Gasteiger charge is -2.25. The number of likely N-dealkylation sites (N-methyl/N-ethyl adjacent to an activating group) is 1. The highest BCUT2D eigenvalue weighted by atomic mass is 35.5. The van der Waals surface area contributed by atoms with Crippen molar-refractivity contribution >= 4 is 17.5 Å². The summed E-state index contributed by atoms with van der Waals surface area (Å²) in [5.74, 6) is -0.492. The van der Waals surface area contributed by atoms with Crippen molar-refractivity contribution in [3.05, 3.63) is 34.3 Å².